The second-order valence-corrected chi connectivity index (χ2v) is 10.6. The van der Waals surface area contributed by atoms with E-state index in [4.69, 9.17) is 9.47 Å². The molecule has 0 aliphatic carbocycles. The number of benzene rings is 2. The molecule has 2 heterocycles. The minimum absolute atomic E-state index is 0.0459. The van der Waals surface area contributed by atoms with Crippen LogP contribution >= 0.6 is 22.7 Å². The minimum Gasteiger partial charge on any atom is -0.748 e. The van der Waals surface area contributed by atoms with Gasteiger partial charge in [0.25, 0.3) is 5.01 Å². The first-order chi connectivity index (χ1) is 15.3. The van der Waals surface area contributed by atoms with Gasteiger partial charge in [-0.25, -0.2) is 8.42 Å². The highest BCUT2D eigenvalue weighted by atomic mass is 32.2. The second-order valence-electron chi connectivity index (χ2n) is 7.06. The number of hydrogen-bond acceptors (Lipinski definition) is 8. The maximum absolute atomic E-state index is 11.1. The van der Waals surface area contributed by atoms with Crippen molar-refractivity contribution in [3.8, 4) is 17.2 Å². The van der Waals surface area contributed by atoms with Gasteiger partial charge in [0.2, 0.25) is 5.52 Å². The van der Waals surface area contributed by atoms with Crippen molar-refractivity contribution >= 4 is 65.2 Å². The van der Waals surface area contributed by atoms with Crippen LogP contribution in [0.15, 0.2) is 35.7 Å². The van der Waals surface area contributed by atoms with Gasteiger partial charge in [-0.3, -0.25) is 0 Å². The van der Waals surface area contributed by atoms with E-state index < -0.39 is 15.9 Å². The number of rotatable bonds is 8. The standard InChI is InChI=1S/C22H21NO6S3/c1-28-17-6-4-14(12-16(17)24)5-7-20-23(9-3-11-32(25,26)27)21-19(31-20)13-18(29-2)15-8-10-30-22(15)21/h4-8,10,12-13H,3,9,11H2,1-2H3,(H-,24,25,26,27)/b7-5+. The summed E-state index contributed by atoms with van der Waals surface area (Å²) in [4.78, 5) is 0. The van der Waals surface area contributed by atoms with E-state index in [2.05, 4.69) is 0 Å². The smallest absolute Gasteiger partial charge is 0.262 e. The van der Waals surface area contributed by atoms with E-state index in [1.54, 1.807) is 41.9 Å². The molecule has 0 fully saturated rings. The molecule has 32 heavy (non-hydrogen) atoms. The molecule has 4 aromatic rings. The molecule has 168 valence electrons. The number of aryl methyl sites for hydroxylation is 1. The number of thiophene rings is 1. The van der Waals surface area contributed by atoms with Crippen molar-refractivity contribution in [2.24, 2.45) is 0 Å². The third kappa shape index (κ3) is 4.58. The lowest BCUT2D eigenvalue weighted by atomic mass is 10.2. The van der Waals surface area contributed by atoms with Crippen molar-refractivity contribution in [3.05, 3.63) is 46.3 Å². The maximum atomic E-state index is 11.1. The van der Waals surface area contributed by atoms with Gasteiger partial charge in [-0.2, -0.15) is 4.57 Å². The van der Waals surface area contributed by atoms with Gasteiger partial charge >= 0.3 is 0 Å². The number of hydrogen-bond donors (Lipinski definition) is 1. The van der Waals surface area contributed by atoms with E-state index in [0.717, 1.165) is 36.6 Å². The van der Waals surface area contributed by atoms with Gasteiger partial charge in [-0.05, 0) is 35.2 Å². The zero-order chi connectivity index (χ0) is 22.9. The Labute approximate surface area is 193 Å². The van der Waals surface area contributed by atoms with E-state index >= 15 is 0 Å². The molecule has 2 aromatic carbocycles. The lowest BCUT2D eigenvalue weighted by Crippen LogP contribution is -2.36. The summed E-state index contributed by atoms with van der Waals surface area (Å²) in [5, 5.41) is 13.9. The maximum Gasteiger partial charge on any atom is 0.262 e. The summed E-state index contributed by atoms with van der Waals surface area (Å²) < 4.78 is 48.1. The van der Waals surface area contributed by atoms with Crippen LogP contribution in [0.2, 0.25) is 0 Å². The van der Waals surface area contributed by atoms with Gasteiger partial charge in [-0.15, -0.1) is 11.3 Å². The molecule has 0 radical (unpaired) electrons. The predicted molar refractivity (Wildman–Crippen MR) is 127 cm³/mol. The number of aromatic hydroxyl groups is 1. The third-order valence-electron chi connectivity index (χ3n) is 5.01. The van der Waals surface area contributed by atoms with Gasteiger partial charge in [-0.1, -0.05) is 17.4 Å². The second kappa shape index (κ2) is 9.07. The van der Waals surface area contributed by atoms with Crippen molar-refractivity contribution in [3.63, 3.8) is 0 Å². The molecule has 0 amide bonds. The molecule has 10 heteroatoms. The molecule has 1 N–H and O–H groups in total. The lowest BCUT2D eigenvalue weighted by molar-refractivity contribution is -0.667. The van der Waals surface area contributed by atoms with Gasteiger partial charge in [0.1, 0.15) is 15.1 Å². The third-order valence-corrected chi connectivity index (χ3v) is 7.82. The Bertz CT molecular complexity index is 1420. The Morgan fingerprint density at radius 2 is 1.91 bits per heavy atom. The van der Waals surface area contributed by atoms with E-state index in [9.17, 15) is 18.1 Å². The number of nitrogens with zero attached hydrogens (tertiary/aromatic N) is 1. The number of ether oxygens (including phenoxy) is 2. The largest absolute Gasteiger partial charge is 0.748 e. The van der Waals surface area contributed by atoms with Gasteiger partial charge in [0.05, 0.1) is 24.3 Å². The number of aromatic nitrogens is 1. The Balaban J connectivity index is 1.81. The van der Waals surface area contributed by atoms with Crippen LogP contribution in [0, 0.1) is 0 Å². The van der Waals surface area contributed by atoms with Gasteiger partial charge in [0, 0.05) is 29.7 Å². The minimum atomic E-state index is -4.29. The Morgan fingerprint density at radius 3 is 2.59 bits per heavy atom. The first kappa shape index (κ1) is 22.5. The quantitative estimate of drug-likeness (QED) is 0.292. The molecule has 0 saturated heterocycles. The highest BCUT2D eigenvalue weighted by Gasteiger charge is 2.24. The number of fused-ring (bicyclic) bond motifs is 3. The summed E-state index contributed by atoms with van der Waals surface area (Å²) in [5.41, 5.74) is 1.77. The van der Waals surface area contributed by atoms with E-state index in [-0.39, 0.29) is 12.2 Å². The summed E-state index contributed by atoms with van der Waals surface area (Å²) in [6.07, 6.45) is 4.00. The SMILES string of the molecule is COc1ccc(/C=C/c2sc3cc(OC)c4ccsc4c3[n+]2CCCS(=O)(=O)[O-])cc1O. The Morgan fingerprint density at radius 1 is 1.12 bits per heavy atom. The molecular formula is C22H21NO6S3. The summed E-state index contributed by atoms with van der Waals surface area (Å²) in [7, 11) is -1.16. The average molecular weight is 492 g/mol. The van der Waals surface area contributed by atoms with Crippen LogP contribution in [0.25, 0.3) is 32.5 Å². The first-order valence-corrected chi connectivity index (χ1v) is 13.0. The summed E-state index contributed by atoms with van der Waals surface area (Å²) in [5.74, 6) is 0.797. The van der Waals surface area contributed by atoms with Crippen LogP contribution in [0.1, 0.15) is 17.0 Å². The average Bonchev–Trinajstić information content (AvgIpc) is 3.35. The van der Waals surface area contributed by atoms with Crippen LogP contribution in [0.3, 0.4) is 0 Å². The highest BCUT2D eigenvalue weighted by molar-refractivity contribution is 7.85. The number of phenols is 1. The van der Waals surface area contributed by atoms with Crippen LogP contribution in [0.4, 0.5) is 0 Å². The molecule has 0 unspecified atom stereocenters. The zero-order valence-electron chi connectivity index (χ0n) is 17.4. The molecule has 0 atom stereocenters. The summed E-state index contributed by atoms with van der Waals surface area (Å²) in [6, 6.07) is 9.10. The van der Waals surface area contributed by atoms with Gasteiger partial charge < -0.3 is 19.1 Å². The number of thiazole rings is 1. The predicted octanol–water partition coefficient (Wildman–Crippen LogP) is 4.23. The van der Waals surface area contributed by atoms with E-state index in [0.29, 0.717) is 12.3 Å². The summed E-state index contributed by atoms with van der Waals surface area (Å²) in [6.45, 7) is 0.383. The number of methoxy groups -OCH3 is 2. The molecule has 4 rings (SSSR count). The molecule has 2 aromatic heterocycles. The molecule has 0 spiro atoms. The van der Waals surface area contributed by atoms with E-state index in [1.807, 2.05) is 40.3 Å². The highest BCUT2D eigenvalue weighted by Crippen LogP contribution is 2.38. The van der Waals surface area contributed by atoms with Crippen LogP contribution in [-0.4, -0.2) is 38.0 Å². The molecule has 0 bridgehead atoms. The first-order valence-electron chi connectivity index (χ1n) is 9.70. The summed E-state index contributed by atoms with van der Waals surface area (Å²) >= 11 is 3.14. The topological polar surface area (TPSA) is 99.8 Å². The van der Waals surface area contributed by atoms with Crippen molar-refractivity contribution in [2.45, 2.75) is 13.0 Å². The van der Waals surface area contributed by atoms with Crippen molar-refractivity contribution in [1.29, 1.82) is 0 Å². The Kier molecular flexibility index (Phi) is 6.38. The lowest BCUT2D eigenvalue weighted by Gasteiger charge is -2.05. The van der Waals surface area contributed by atoms with E-state index in [1.165, 1.54) is 7.11 Å². The zero-order valence-corrected chi connectivity index (χ0v) is 19.9. The van der Waals surface area contributed by atoms with Crippen LogP contribution in [0.5, 0.6) is 17.2 Å². The fraction of sp³-hybridized carbons (Fsp3) is 0.227. The fourth-order valence-electron chi connectivity index (χ4n) is 3.57. The van der Waals surface area contributed by atoms with Crippen LogP contribution in [-0.2, 0) is 16.7 Å². The molecule has 0 aliphatic rings. The molecule has 0 saturated carbocycles. The molecule has 7 nitrogen and oxygen atoms in total. The van der Waals surface area contributed by atoms with Crippen molar-refractivity contribution in [2.75, 3.05) is 20.0 Å². The van der Waals surface area contributed by atoms with Crippen LogP contribution < -0.4 is 14.0 Å². The van der Waals surface area contributed by atoms with Gasteiger partial charge in [0.15, 0.2) is 18.0 Å². The normalized spacial score (nSPS) is 12.2. The molecule has 0 aliphatic heterocycles. The number of phenolic OH excluding ortho intramolecular Hbond substituents is 1. The van der Waals surface area contributed by atoms with Crippen molar-refractivity contribution < 1.29 is 32.1 Å². The fourth-order valence-corrected chi connectivity index (χ4v) is 6.21. The monoisotopic (exact) mass is 491 g/mol. The molecular weight excluding hydrogens is 470 g/mol. The Hall–Kier alpha value is -2.66. The van der Waals surface area contributed by atoms with Crippen molar-refractivity contribution in [1.82, 2.24) is 0 Å².